The molecular formula is C13H22N4. The number of hydrogen-bond donors (Lipinski definition) is 1. The first kappa shape index (κ1) is 12.5. The molecule has 0 bridgehead atoms. The molecule has 0 spiro atoms. The van der Waals surface area contributed by atoms with Crippen LogP contribution in [0.25, 0.3) is 0 Å². The number of piperazine rings is 1. The summed E-state index contributed by atoms with van der Waals surface area (Å²) in [6.07, 6.45) is 1.86. The fourth-order valence-corrected chi connectivity index (χ4v) is 2.26. The van der Waals surface area contributed by atoms with Gasteiger partial charge in [0.25, 0.3) is 0 Å². The van der Waals surface area contributed by atoms with Gasteiger partial charge >= 0.3 is 0 Å². The monoisotopic (exact) mass is 234 g/mol. The van der Waals surface area contributed by atoms with E-state index in [1.807, 2.05) is 6.20 Å². The maximum absolute atomic E-state index is 5.61. The molecule has 2 heterocycles. The second-order valence-corrected chi connectivity index (χ2v) is 4.57. The Morgan fingerprint density at radius 3 is 2.59 bits per heavy atom. The van der Waals surface area contributed by atoms with Crippen molar-refractivity contribution in [1.29, 1.82) is 0 Å². The van der Waals surface area contributed by atoms with Crippen LogP contribution in [0.1, 0.15) is 18.2 Å². The van der Waals surface area contributed by atoms with Crippen molar-refractivity contribution in [2.75, 3.05) is 32.7 Å². The fourth-order valence-electron chi connectivity index (χ4n) is 2.26. The molecule has 1 aliphatic rings. The van der Waals surface area contributed by atoms with Crippen molar-refractivity contribution < 1.29 is 0 Å². The highest BCUT2D eigenvalue weighted by atomic mass is 15.3. The molecule has 94 valence electrons. The number of likely N-dealkylation sites (N-methyl/N-ethyl adjacent to an activating group) is 1. The molecule has 2 rings (SSSR count). The van der Waals surface area contributed by atoms with E-state index in [9.17, 15) is 0 Å². The molecule has 2 N–H and O–H groups in total. The smallest absolute Gasteiger partial charge is 0.0542 e. The van der Waals surface area contributed by atoms with Gasteiger partial charge in [0, 0.05) is 45.5 Å². The van der Waals surface area contributed by atoms with Crippen LogP contribution in [0.15, 0.2) is 18.3 Å². The minimum atomic E-state index is 0.525. The molecular weight excluding hydrogens is 212 g/mol. The molecule has 17 heavy (non-hydrogen) atoms. The fraction of sp³-hybridized carbons (Fsp3) is 0.615. The zero-order valence-corrected chi connectivity index (χ0v) is 10.6. The summed E-state index contributed by atoms with van der Waals surface area (Å²) in [4.78, 5) is 9.22. The number of rotatable bonds is 4. The molecule has 4 nitrogen and oxygen atoms in total. The first-order valence-electron chi connectivity index (χ1n) is 6.40. The molecule has 0 aliphatic carbocycles. The van der Waals surface area contributed by atoms with E-state index in [2.05, 4.69) is 33.8 Å². The Hall–Kier alpha value is -0.970. The molecule has 1 aliphatic heterocycles. The van der Waals surface area contributed by atoms with Crippen LogP contribution in [0, 0.1) is 0 Å². The molecule has 0 unspecified atom stereocenters. The van der Waals surface area contributed by atoms with E-state index < -0.39 is 0 Å². The second-order valence-electron chi connectivity index (χ2n) is 4.57. The highest BCUT2D eigenvalue weighted by Gasteiger charge is 2.15. The third-order valence-corrected chi connectivity index (χ3v) is 3.41. The number of nitrogens with zero attached hydrogens (tertiary/aromatic N) is 3. The summed E-state index contributed by atoms with van der Waals surface area (Å²) < 4.78 is 0. The van der Waals surface area contributed by atoms with Crippen molar-refractivity contribution in [2.24, 2.45) is 5.73 Å². The predicted octanol–water partition coefficient (Wildman–Crippen LogP) is 0.678. The van der Waals surface area contributed by atoms with Crippen LogP contribution in [0.2, 0.25) is 0 Å². The lowest BCUT2D eigenvalue weighted by molar-refractivity contribution is 0.132. The first-order chi connectivity index (χ1) is 8.31. The molecule has 0 atom stereocenters. The second kappa shape index (κ2) is 6.10. The highest BCUT2D eigenvalue weighted by Crippen LogP contribution is 2.09. The highest BCUT2D eigenvalue weighted by molar-refractivity contribution is 5.16. The van der Waals surface area contributed by atoms with Crippen molar-refractivity contribution in [3.8, 4) is 0 Å². The van der Waals surface area contributed by atoms with Gasteiger partial charge in [0.1, 0.15) is 0 Å². The largest absolute Gasteiger partial charge is 0.325 e. The Morgan fingerprint density at radius 2 is 1.94 bits per heavy atom. The van der Waals surface area contributed by atoms with Crippen molar-refractivity contribution in [3.63, 3.8) is 0 Å². The van der Waals surface area contributed by atoms with E-state index in [1.165, 1.54) is 25.2 Å². The molecule has 0 saturated carbocycles. The number of aromatic nitrogens is 1. The van der Waals surface area contributed by atoms with E-state index in [-0.39, 0.29) is 0 Å². The van der Waals surface area contributed by atoms with Gasteiger partial charge in [-0.1, -0.05) is 6.92 Å². The van der Waals surface area contributed by atoms with Crippen molar-refractivity contribution >= 4 is 0 Å². The van der Waals surface area contributed by atoms with Gasteiger partial charge in [0.05, 0.1) is 5.69 Å². The van der Waals surface area contributed by atoms with Gasteiger partial charge in [-0.3, -0.25) is 9.88 Å². The van der Waals surface area contributed by atoms with Gasteiger partial charge in [-0.15, -0.1) is 0 Å². The Morgan fingerprint density at radius 1 is 1.24 bits per heavy atom. The van der Waals surface area contributed by atoms with Crippen LogP contribution < -0.4 is 5.73 Å². The van der Waals surface area contributed by atoms with Gasteiger partial charge in [0.15, 0.2) is 0 Å². The lowest BCUT2D eigenvalue weighted by atomic mass is 10.2. The average molecular weight is 234 g/mol. The molecule has 0 amide bonds. The molecule has 1 fully saturated rings. The van der Waals surface area contributed by atoms with Crippen LogP contribution in [0.4, 0.5) is 0 Å². The Balaban J connectivity index is 1.88. The third kappa shape index (κ3) is 3.49. The van der Waals surface area contributed by atoms with E-state index in [0.717, 1.165) is 25.3 Å². The van der Waals surface area contributed by atoms with Crippen molar-refractivity contribution in [2.45, 2.75) is 20.0 Å². The van der Waals surface area contributed by atoms with Gasteiger partial charge in [0.2, 0.25) is 0 Å². The quantitative estimate of drug-likeness (QED) is 0.832. The van der Waals surface area contributed by atoms with Crippen molar-refractivity contribution in [3.05, 3.63) is 29.6 Å². The SMILES string of the molecule is CCN1CCN(Cc2ccnc(CN)c2)CC1. The molecule has 4 heteroatoms. The lowest BCUT2D eigenvalue weighted by Gasteiger charge is -2.34. The van der Waals surface area contributed by atoms with E-state index in [0.29, 0.717) is 6.54 Å². The van der Waals surface area contributed by atoms with E-state index >= 15 is 0 Å². The van der Waals surface area contributed by atoms with E-state index in [4.69, 9.17) is 5.73 Å². The molecule has 0 aromatic carbocycles. The minimum Gasteiger partial charge on any atom is -0.325 e. The third-order valence-electron chi connectivity index (χ3n) is 3.41. The summed E-state index contributed by atoms with van der Waals surface area (Å²) in [5, 5.41) is 0. The average Bonchev–Trinajstić information content (AvgIpc) is 2.40. The summed E-state index contributed by atoms with van der Waals surface area (Å²) >= 11 is 0. The molecule has 1 aromatic rings. The predicted molar refractivity (Wildman–Crippen MR) is 69.5 cm³/mol. The summed E-state index contributed by atoms with van der Waals surface area (Å²) in [6, 6.07) is 4.21. The number of nitrogens with two attached hydrogens (primary N) is 1. The zero-order chi connectivity index (χ0) is 12.1. The normalized spacial score (nSPS) is 18.5. The Kier molecular flexibility index (Phi) is 4.48. The summed E-state index contributed by atoms with van der Waals surface area (Å²) in [6.45, 7) is 9.63. The number of pyridine rings is 1. The summed E-state index contributed by atoms with van der Waals surface area (Å²) in [5.74, 6) is 0. The van der Waals surface area contributed by atoms with Gasteiger partial charge in [-0.05, 0) is 24.2 Å². The Labute approximate surface area is 103 Å². The number of hydrogen-bond acceptors (Lipinski definition) is 4. The molecule has 1 aromatic heterocycles. The molecule has 0 radical (unpaired) electrons. The summed E-state index contributed by atoms with van der Waals surface area (Å²) in [7, 11) is 0. The van der Waals surface area contributed by atoms with Crippen LogP contribution in [-0.4, -0.2) is 47.5 Å². The maximum atomic E-state index is 5.61. The lowest BCUT2D eigenvalue weighted by Crippen LogP contribution is -2.45. The van der Waals surface area contributed by atoms with Gasteiger partial charge in [-0.25, -0.2) is 0 Å². The zero-order valence-electron chi connectivity index (χ0n) is 10.6. The topological polar surface area (TPSA) is 45.4 Å². The maximum Gasteiger partial charge on any atom is 0.0542 e. The first-order valence-corrected chi connectivity index (χ1v) is 6.40. The van der Waals surface area contributed by atoms with Crippen LogP contribution in [0.3, 0.4) is 0 Å². The Bertz CT molecular complexity index is 345. The van der Waals surface area contributed by atoms with Crippen LogP contribution in [-0.2, 0) is 13.1 Å². The van der Waals surface area contributed by atoms with E-state index in [1.54, 1.807) is 0 Å². The van der Waals surface area contributed by atoms with Crippen LogP contribution >= 0.6 is 0 Å². The van der Waals surface area contributed by atoms with Gasteiger partial charge in [-0.2, -0.15) is 0 Å². The van der Waals surface area contributed by atoms with Crippen molar-refractivity contribution in [1.82, 2.24) is 14.8 Å². The van der Waals surface area contributed by atoms with Gasteiger partial charge < -0.3 is 10.6 Å². The standard InChI is InChI=1S/C13H22N4/c1-2-16-5-7-17(8-6-16)11-12-3-4-15-13(9-12)10-14/h3-4,9H,2,5-8,10-11,14H2,1H3. The minimum absolute atomic E-state index is 0.525. The molecule has 1 saturated heterocycles. The summed E-state index contributed by atoms with van der Waals surface area (Å²) in [5.41, 5.74) is 7.91. The van der Waals surface area contributed by atoms with Crippen LogP contribution in [0.5, 0.6) is 0 Å².